The Kier molecular flexibility index (Phi) is 6.55. The van der Waals surface area contributed by atoms with Crippen LogP contribution in [-0.4, -0.2) is 20.7 Å². The number of hydrogen-bond donors (Lipinski definition) is 2. The van der Waals surface area contributed by atoms with Gasteiger partial charge in [-0.3, -0.25) is 0 Å². The quantitative estimate of drug-likeness (QED) is 0.447. The summed E-state index contributed by atoms with van der Waals surface area (Å²) in [5, 5.41) is 7.36. The first-order valence-electron chi connectivity index (χ1n) is 7.30. The van der Waals surface area contributed by atoms with Gasteiger partial charge < -0.3 is 11.1 Å². The second-order valence-electron chi connectivity index (χ2n) is 6.46. The number of aromatic nitrogens is 3. The molecule has 3 N–H and O–H groups in total. The third kappa shape index (κ3) is 5.49. The molecule has 0 aliphatic heterocycles. The summed E-state index contributed by atoms with van der Waals surface area (Å²) in [6, 6.07) is 6.18. The summed E-state index contributed by atoms with van der Waals surface area (Å²) in [4.78, 5) is 8.61. The Hall–Kier alpha value is -1.64. The normalized spacial score (nSPS) is 12.0. The molecule has 0 amide bonds. The van der Waals surface area contributed by atoms with Crippen molar-refractivity contribution in [2.24, 2.45) is 10.7 Å². The lowest BCUT2D eigenvalue weighted by atomic mass is 10.1. The first-order chi connectivity index (χ1) is 10.3. The van der Waals surface area contributed by atoms with Crippen LogP contribution < -0.4 is 11.1 Å². The van der Waals surface area contributed by atoms with Crippen LogP contribution in [-0.2, 0) is 12.1 Å². The summed E-state index contributed by atoms with van der Waals surface area (Å²) >= 11 is 0. The SMILES string of the molecule is Cc1cc(C)cc(NC(N)=NCc2ncnn2C(C)(C)C)c1.I. The Morgan fingerprint density at radius 3 is 2.39 bits per heavy atom. The van der Waals surface area contributed by atoms with E-state index in [0.29, 0.717) is 12.5 Å². The Labute approximate surface area is 154 Å². The Morgan fingerprint density at radius 1 is 1.22 bits per heavy atom. The van der Waals surface area contributed by atoms with E-state index in [-0.39, 0.29) is 29.5 Å². The summed E-state index contributed by atoms with van der Waals surface area (Å²) < 4.78 is 1.86. The van der Waals surface area contributed by atoms with Gasteiger partial charge in [-0.1, -0.05) is 6.07 Å². The highest BCUT2D eigenvalue weighted by Crippen LogP contribution is 2.15. The molecule has 0 atom stereocenters. The van der Waals surface area contributed by atoms with E-state index >= 15 is 0 Å². The molecule has 1 aromatic carbocycles. The molecule has 0 saturated carbocycles. The van der Waals surface area contributed by atoms with Gasteiger partial charge in [-0.05, 0) is 57.9 Å². The zero-order chi connectivity index (χ0) is 16.3. The Morgan fingerprint density at radius 2 is 1.83 bits per heavy atom. The second kappa shape index (κ2) is 7.76. The number of nitrogens with one attached hydrogen (secondary N) is 1. The van der Waals surface area contributed by atoms with E-state index in [0.717, 1.165) is 11.5 Å². The summed E-state index contributed by atoms with van der Waals surface area (Å²) in [5.41, 5.74) is 9.14. The zero-order valence-electron chi connectivity index (χ0n) is 14.3. The van der Waals surface area contributed by atoms with Gasteiger partial charge in [-0.25, -0.2) is 14.7 Å². The number of halogens is 1. The number of aliphatic imine (C=N–C) groups is 1. The maximum absolute atomic E-state index is 5.96. The molecule has 0 fully saturated rings. The van der Waals surface area contributed by atoms with E-state index in [1.165, 1.54) is 11.1 Å². The van der Waals surface area contributed by atoms with Crippen molar-refractivity contribution in [3.8, 4) is 0 Å². The highest BCUT2D eigenvalue weighted by Gasteiger charge is 2.17. The molecule has 0 bridgehead atoms. The van der Waals surface area contributed by atoms with Crippen molar-refractivity contribution in [1.29, 1.82) is 0 Å². The van der Waals surface area contributed by atoms with Gasteiger partial charge in [0.05, 0.1) is 5.54 Å². The molecule has 126 valence electrons. The van der Waals surface area contributed by atoms with Crippen molar-refractivity contribution in [3.63, 3.8) is 0 Å². The third-order valence-corrected chi connectivity index (χ3v) is 3.14. The molecule has 0 radical (unpaired) electrons. The van der Waals surface area contributed by atoms with E-state index < -0.39 is 0 Å². The average molecular weight is 428 g/mol. The van der Waals surface area contributed by atoms with Gasteiger partial charge in [0.25, 0.3) is 0 Å². The molecule has 7 heteroatoms. The topological polar surface area (TPSA) is 81.1 Å². The number of guanidine groups is 1. The molecule has 23 heavy (non-hydrogen) atoms. The predicted molar refractivity (Wildman–Crippen MR) is 105 cm³/mol. The van der Waals surface area contributed by atoms with Gasteiger partial charge in [0.2, 0.25) is 0 Å². The van der Waals surface area contributed by atoms with Crippen LogP contribution in [0.2, 0.25) is 0 Å². The molecule has 2 aromatic rings. The van der Waals surface area contributed by atoms with E-state index in [1.807, 2.05) is 16.8 Å². The minimum absolute atomic E-state index is 0. The summed E-state index contributed by atoms with van der Waals surface area (Å²) in [6.07, 6.45) is 1.55. The number of rotatable bonds is 3. The first kappa shape index (κ1) is 19.4. The molecule has 2 rings (SSSR count). The van der Waals surface area contributed by atoms with Crippen LogP contribution in [0.5, 0.6) is 0 Å². The number of hydrogen-bond acceptors (Lipinski definition) is 3. The van der Waals surface area contributed by atoms with Crippen molar-refractivity contribution in [1.82, 2.24) is 14.8 Å². The van der Waals surface area contributed by atoms with Crippen molar-refractivity contribution in [2.75, 3.05) is 5.32 Å². The van der Waals surface area contributed by atoms with Crippen molar-refractivity contribution in [3.05, 3.63) is 41.5 Å². The van der Waals surface area contributed by atoms with Gasteiger partial charge >= 0.3 is 0 Å². The summed E-state index contributed by atoms with van der Waals surface area (Å²) in [7, 11) is 0. The molecule has 0 spiro atoms. The van der Waals surface area contributed by atoms with Gasteiger partial charge in [0, 0.05) is 5.69 Å². The molecule has 0 saturated heterocycles. The minimum Gasteiger partial charge on any atom is -0.370 e. The fourth-order valence-electron chi connectivity index (χ4n) is 2.32. The maximum atomic E-state index is 5.96. The van der Waals surface area contributed by atoms with Crippen molar-refractivity contribution in [2.45, 2.75) is 46.7 Å². The van der Waals surface area contributed by atoms with Crippen molar-refractivity contribution < 1.29 is 0 Å². The smallest absolute Gasteiger partial charge is 0.193 e. The monoisotopic (exact) mass is 428 g/mol. The average Bonchev–Trinajstić information content (AvgIpc) is 2.83. The van der Waals surface area contributed by atoms with Gasteiger partial charge in [0.15, 0.2) is 5.96 Å². The highest BCUT2D eigenvalue weighted by molar-refractivity contribution is 14.0. The van der Waals surface area contributed by atoms with E-state index in [1.54, 1.807) is 6.33 Å². The van der Waals surface area contributed by atoms with Crippen molar-refractivity contribution >= 4 is 35.6 Å². The van der Waals surface area contributed by atoms with Gasteiger partial charge in [-0.15, -0.1) is 24.0 Å². The van der Waals surface area contributed by atoms with E-state index in [4.69, 9.17) is 5.73 Å². The number of benzene rings is 1. The molecule has 1 aromatic heterocycles. The van der Waals surface area contributed by atoms with Crippen LogP contribution >= 0.6 is 24.0 Å². The van der Waals surface area contributed by atoms with E-state index in [9.17, 15) is 0 Å². The molecule has 1 heterocycles. The number of aryl methyl sites for hydroxylation is 2. The lowest BCUT2D eigenvalue weighted by molar-refractivity contribution is 0.342. The lowest BCUT2D eigenvalue weighted by Gasteiger charge is -2.20. The first-order valence-corrected chi connectivity index (χ1v) is 7.30. The molecule has 0 unspecified atom stereocenters. The predicted octanol–water partition coefficient (Wildman–Crippen LogP) is 3.19. The fraction of sp³-hybridized carbons (Fsp3) is 0.438. The number of nitrogens with two attached hydrogens (primary N) is 1. The molecule has 6 nitrogen and oxygen atoms in total. The van der Waals surface area contributed by atoms with Crippen LogP contribution in [0, 0.1) is 13.8 Å². The molecular formula is C16H25IN6. The van der Waals surface area contributed by atoms with Crippen LogP contribution in [0.1, 0.15) is 37.7 Å². The molecular weight excluding hydrogens is 403 g/mol. The molecule has 0 aliphatic rings. The highest BCUT2D eigenvalue weighted by atomic mass is 127. The van der Waals surface area contributed by atoms with Crippen LogP contribution in [0.3, 0.4) is 0 Å². The second-order valence-corrected chi connectivity index (χ2v) is 6.46. The third-order valence-electron chi connectivity index (χ3n) is 3.14. The summed E-state index contributed by atoms with van der Waals surface area (Å²) in [6.45, 7) is 10.7. The fourth-order valence-corrected chi connectivity index (χ4v) is 2.32. The van der Waals surface area contributed by atoms with Crippen LogP contribution in [0.25, 0.3) is 0 Å². The van der Waals surface area contributed by atoms with Gasteiger partial charge in [0.1, 0.15) is 18.7 Å². The number of nitrogens with zero attached hydrogens (tertiary/aromatic N) is 4. The largest absolute Gasteiger partial charge is 0.370 e. The Balaban J connectivity index is 0.00000264. The maximum Gasteiger partial charge on any atom is 0.193 e. The van der Waals surface area contributed by atoms with Gasteiger partial charge in [-0.2, -0.15) is 5.10 Å². The van der Waals surface area contributed by atoms with Crippen LogP contribution in [0.15, 0.2) is 29.5 Å². The van der Waals surface area contributed by atoms with E-state index in [2.05, 4.69) is 61.1 Å². The Bertz CT molecular complexity index is 664. The van der Waals surface area contributed by atoms with Crippen LogP contribution in [0.4, 0.5) is 5.69 Å². The number of anilines is 1. The standard InChI is InChI=1S/C16H24N6.HI/c1-11-6-12(2)8-13(7-11)21-15(17)18-9-14-19-10-20-22(14)16(3,4)5;/h6-8,10H,9H2,1-5H3,(H3,17,18,21);1H. The summed E-state index contributed by atoms with van der Waals surface area (Å²) in [5.74, 6) is 1.16. The zero-order valence-corrected chi connectivity index (χ0v) is 16.6. The molecule has 0 aliphatic carbocycles. The lowest BCUT2D eigenvalue weighted by Crippen LogP contribution is -2.26. The minimum atomic E-state index is -0.128.